The number of carbonyl (C=O) groups is 1. The number of rotatable bonds is 5. The summed E-state index contributed by atoms with van der Waals surface area (Å²) in [6.07, 6.45) is 2.50. The molecular formula is C15H21NO3. The van der Waals surface area contributed by atoms with Gasteiger partial charge in [0.1, 0.15) is 11.3 Å². The topological polar surface area (TPSA) is 49.8 Å². The van der Waals surface area contributed by atoms with Gasteiger partial charge in [0, 0.05) is 13.1 Å². The smallest absolute Gasteiger partial charge is 0.339 e. The molecule has 104 valence electrons. The zero-order valence-electron chi connectivity index (χ0n) is 11.6. The van der Waals surface area contributed by atoms with E-state index < -0.39 is 5.97 Å². The summed E-state index contributed by atoms with van der Waals surface area (Å²) in [5.41, 5.74) is 1.33. The van der Waals surface area contributed by atoms with Gasteiger partial charge < -0.3 is 9.84 Å². The lowest BCUT2D eigenvalue weighted by molar-refractivity contribution is 0.0693. The minimum absolute atomic E-state index is 0.221. The third kappa shape index (κ3) is 3.26. The highest BCUT2D eigenvalue weighted by Crippen LogP contribution is 2.24. The Morgan fingerprint density at radius 1 is 1.53 bits per heavy atom. The average Bonchev–Trinajstić information content (AvgIpc) is 2.86. The van der Waals surface area contributed by atoms with Gasteiger partial charge in [-0.25, -0.2) is 4.79 Å². The van der Waals surface area contributed by atoms with Crippen molar-refractivity contribution in [1.82, 2.24) is 4.90 Å². The molecule has 0 radical (unpaired) electrons. The fraction of sp³-hybridized carbons (Fsp3) is 0.533. The number of methoxy groups -OCH3 is 1. The largest absolute Gasteiger partial charge is 0.496 e. The van der Waals surface area contributed by atoms with Crippen LogP contribution in [0, 0.1) is 5.92 Å². The number of aromatic carboxylic acids is 1. The lowest BCUT2D eigenvalue weighted by Crippen LogP contribution is -2.20. The molecule has 1 aliphatic heterocycles. The minimum atomic E-state index is -0.949. The number of likely N-dealkylation sites (tertiary alicyclic amines) is 1. The van der Waals surface area contributed by atoms with Crippen LogP contribution >= 0.6 is 0 Å². The van der Waals surface area contributed by atoms with Crippen LogP contribution in [0.15, 0.2) is 18.2 Å². The molecule has 1 aromatic rings. The molecule has 1 unspecified atom stereocenters. The number of hydrogen-bond donors (Lipinski definition) is 1. The van der Waals surface area contributed by atoms with Crippen molar-refractivity contribution >= 4 is 5.97 Å². The average molecular weight is 263 g/mol. The van der Waals surface area contributed by atoms with E-state index in [2.05, 4.69) is 11.8 Å². The molecular weight excluding hydrogens is 242 g/mol. The number of carboxylic acids is 1. The van der Waals surface area contributed by atoms with E-state index in [9.17, 15) is 4.79 Å². The van der Waals surface area contributed by atoms with Crippen LogP contribution in [0.4, 0.5) is 0 Å². The molecule has 1 N–H and O–H groups in total. The predicted octanol–water partition coefficient (Wildman–Crippen LogP) is 2.63. The van der Waals surface area contributed by atoms with Crippen molar-refractivity contribution in [1.29, 1.82) is 0 Å². The second-order valence-electron chi connectivity index (χ2n) is 5.14. The molecule has 1 aliphatic rings. The van der Waals surface area contributed by atoms with Crippen LogP contribution in [-0.4, -0.2) is 36.2 Å². The summed E-state index contributed by atoms with van der Waals surface area (Å²) in [6.45, 7) is 5.37. The van der Waals surface area contributed by atoms with Gasteiger partial charge in [-0.3, -0.25) is 4.90 Å². The lowest BCUT2D eigenvalue weighted by atomic mass is 10.1. The molecule has 1 heterocycles. The summed E-state index contributed by atoms with van der Waals surface area (Å²) in [7, 11) is 1.51. The van der Waals surface area contributed by atoms with Gasteiger partial charge in [0.05, 0.1) is 7.11 Å². The molecule has 0 saturated carbocycles. The maximum Gasteiger partial charge on any atom is 0.339 e. The Labute approximate surface area is 114 Å². The first-order valence-corrected chi connectivity index (χ1v) is 6.76. The monoisotopic (exact) mass is 263 g/mol. The van der Waals surface area contributed by atoms with Gasteiger partial charge in [0.25, 0.3) is 0 Å². The van der Waals surface area contributed by atoms with Gasteiger partial charge in [-0.15, -0.1) is 0 Å². The summed E-state index contributed by atoms with van der Waals surface area (Å²) in [6, 6.07) is 5.35. The van der Waals surface area contributed by atoms with Crippen LogP contribution in [-0.2, 0) is 6.54 Å². The highest BCUT2D eigenvalue weighted by atomic mass is 16.5. The molecule has 1 fully saturated rings. The standard InChI is InChI=1S/C15H21NO3/c1-3-11-6-7-16(9-11)10-12-4-5-13(15(17)18)14(8-12)19-2/h4-5,8,11H,3,6-7,9-10H2,1-2H3,(H,17,18). The Balaban J connectivity index is 2.07. The quantitative estimate of drug-likeness (QED) is 0.887. The van der Waals surface area contributed by atoms with Crippen LogP contribution in [0.3, 0.4) is 0 Å². The van der Waals surface area contributed by atoms with Crippen molar-refractivity contribution in [3.8, 4) is 5.75 Å². The number of ether oxygens (including phenoxy) is 1. The molecule has 19 heavy (non-hydrogen) atoms. The molecule has 2 rings (SSSR count). The Morgan fingerprint density at radius 2 is 2.32 bits per heavy atom. The highest BCUT2D eigenvalue weighted by molar-refractivity contribution is 5.90. The normalized spacial score (nSPS) is 19.6. The molecule has 1 atom stereocenters. The van der Waals surface area contributed by atoms with Gasteiger partial charge in [-0.2, -0.15) is 0 Å². The second kappa shape index (κ2) is 6.06. The van der Waals surface area contributed by atoms with E-state index in [1.807, 2.05) is 12.1 Å². The fourth-order valence-electron chi connectivity index (χ4n) is 2.66. The SMILES string of the molecule is CCC1CCN(Cc2ccc(C(=O)O)c(OC)c2)C1. The van der Waals surface area contributed by atoms with Crippen molar-refractivity contribution < 1.29 is 14.6 Å². The van der Waals surface area contributed by atoms with Gasteiger partial charge in [0.2, 0.25) is 0 Å². The Bertz CT molecular complexity index is 459. The Kier molecular flexibility index (Phi) is 4.43. The van der Waals surface area contributed by atoms with E-state index in [-0.39, 0.29) is 5.56 Å². The predicted molar refractivity (Wildman–Crippen MR) is 73.6 cm³/mol. The summed E-state index contributed by atoms with van der Waals surface area (Å²) in [4.78, 5) is 13.4. The van der Waals surface area contributed by atoms with Crippen molar-refractivity contribution in [3.63, 3.8) is 0 Å². The molecule has 4 nitrogen and oxygen atoms in total. The minimum Gasteiger partial charge on any atom is -0.496 e. The van der Waals surface area contributed by atoms with Gasteiger partial charge in [-0.1, -0.05) is 19.4 Å². The number of carboxylic acid groups (broad SMARTS) is 1. The molecule has 0 bridgehead atoms. The van der Waals surface area contributed by atoms with Crippen LogP contribution in [0.1, 0.15) is 35.7 Å². The molecule has 0 aromatic heterocycles. The van der Waals surface area contributed by atoms with Crippen molar-refractivity contribution in [2.45, 2.75) is 26.3 Å². The Hall–Kier alpha value is -1.55. The van der Waals surface area contributed by atoms with E-state index in [4.69, 9.17) is 9.84 Å². The molecule has 1 aromatic carbocycles. The molecule has 0 aliphatic carbocycles. The van der Waals surface area contributed by atoms with E-state index in [0.717, 1.165) is 31.1 Å². The summed E-state index contributed by atoms with van der Waals surface area (Å²) >= 11 is 0. The fourth-order valence-corrected chi connectivity index (χ4v) is 2.66. The maximum absolute atomic E-state index is 11.0. The molecule has 0 spiro atoms. The van der Waals surface area contributed by atoms with E-state index in [0.29, 0.717) is 5.75 Å². The van der Waals surface area contributed by atoms with E-state index in [1.54, 1.807) is 6.07 Å². The van der Waals surface area contributed by atoms with E-state index in [1.165, 1.54) is 20.0 Å². The van der Waals surface area contributed by atoms with Gasteiger partial charge >= 0.3 is 5.97 Å². The van der Waals surface area contributed by atoms with Crippen LogP contribution < -0.4 is 4.74 Å². The summed E-state index contributed by atoms with van der Waals surface area (Å²) < 4.78 is 5.15. The molecule has 1 saturated heterocycles. The van der Waals surface area contributed by atoms with Gasteiger partial charge in [0.15, 0.2) is 0 Å². The van der Waals surface area contributed by atoms with Crippen molar-refractivity contribution in [2.75, 3.05) is 20.2 Å². The Morgan fingerprint density at radius 3 is 2.89 bits per heavy atom. The maximum atomic E-state index is 11.0. The first-order chi connectivity index (χ1) is 9.13. The van der Waals surface area contributed by atoms with Crippen LogP contribution in [0.5, 0.6) is 5.75 Å². The summed E-state index contributed by atoms with van der Waals surface area (Å²) in [5.74, 6) is 0.298. The van der Waals surface area contributed by atoms with Crippen molar-refractivity contribution in [2.24, 2.45) is 5.92 Å². The molecule has 4 heteroatoms. The number of hydrogen-bond acceptors (Lipinski definition) is 3. The lowest BCUT2D eigenvalue weighted by Gasteiger charge is -2.16. The number of nitrogens with zero attached hydrogens (tertiary/aromatic N) is 1. The number of benzene rings is 1. The zero-order valence-corrected chi connectivity index (χ0v) is 11.6. The summed E-state index contributed by atoms with van der Waals surface area (Å²) in [5, 5.41) is 9.05. The second-order valence-corrected chi connectivity index (χ2v) is 5.14. The van der Waals surface area contributed by atoms with Crippen LogP contribution in [0.2, 0.25) is 0 Å². The third-order valence-electron chi connectivity index (χ3n) is 3.85. The van der Waals surface area contributed by atoms with Gasteiger partial charge in [-0.05, 0) is 36.6 Å². The zero-order chi connectivity index (χ0) is 13.8. The highest BCUT2D eigenvalue weighted by Gasteiger charge is 2.21. The molecule has 0 amide bonds. The first kappa shape index (κ1) is 13.9. The first-order valence-electron chi connectivity index (χ1n) is 6.76. The van der Waals surface area contributed by atoms with E-state index >= 15 is 0 Å². The third-order valence-corrected chi connectivity index (χ3v) is 3.85. The van der Waals surface area contributed by atoms with Crippen molar-refractivity contribution in [3.05, 3.63) is 29.3 Å². The van der Waals surface area contributed by atoms with Crippen LogP contribution in [0.25, 0.3) is 0 Å².